The third-order valence-electron chi connectivity index (χ3n) is 9.38. The van der Waals surface area contributed by atoms with Crippen LogP contribution in [0.3, 0.4) is 0 Å². The van der Waals surface area contributed by atoms with Crippen molar-refractivity contribution in [3.8, 4) is 0 Å². The lowest BCUT2D eigenvalue weighted by Crippen LogP contribution is -2.46. The molecule has 3 rings (SSSR count). The smallest absolute Gasteiger partial charge is 0.332 e. The molecule has 1 fully saturated rings. The first kappa shape index (κ1) is 72.6. The van der Waals surface area contributed by atoms with Gasteiger partial charge in [-0.2, -0.15) is 0 Å². The third-order valence-corrected chi connectivity index (χ3v) is 13.3. The van der Waals surface area contributed by atoms with Gasteiger partial charge in [0.1, 0.15) is 42.4 Å². The number of anilines is 1. The van der Waals surface area contributed by atoms with E-state index in [0.717, 1.165) is 40.1 Å². The molecule has 0 aliphatic carbocycles. The maximum absolute atomic E-state index is 12.5. The molecule has 440 valence electrons. The van der Waals surface area contributed by atoms with E-state index in [1.165, 1.54) is 19.9 Å². The largest absolute Gasteiger partial charge is 0.790 e. The Balaban J connectivity index is 0.00000218. The van der Waals surface area contributed by atoms with Crippen molar-refractivity contribution in [2.24, 2.45) is 17.3 Å². The van der Waals surface area contributed by atoms with E-state index >= 15 is 0 Å². The molecule has 35 heteroatoms. The summed E-state index contributed by atoms with van der Waals surface area (Å²) in [6, 6.07) is 0. The average molecular weight is 1180 g/mol. The second kappa shape index (κ2) is 33.2. The number of ketones is 1. The van der Waals surface area contributed by atoms with Crippen LogP contribution in [0.25, 0.3) is 11.2 Å². The Labute approximate surface area is 447 Å². The molecule has 1 saturated heterocycles. The molecule has 0 bridgehead atoms. The quantitative estimate of drug-likeness (QED) is 0.0321. The minimum Gasteiger partial charge on any atom is -0.790 e. The van der Waals surface area contributed by atoms with Crippen LogP contribution >= 0.6 is 35.2 Å². The van der Waals surface area contributed by atoms with Gasteiger partial charge in [-0.15, -0.1) is 0 Å². The molecule has 2 aromatic rings. The number of hydrogen-bond acceptors (Lipinski definition) is 27. The molecule has 1 aliphatic heterocycles. The Hall–Kier alpha value is -4.43. The highest BCUT2D eigenvalue weighted by Crippen LogP contribution is 2.56. The van der Waals surface area contributed by atoms with Crippen molar-refractivity contribution < 1.29 is 115 Å². The van der Waals surface area contributed by atoms with Gasteiger partial charge in [-0.25, -0.2) is 28.9 Å². The van der Waals surface area contributed by atoms with Crippen LogP contribution in [0, 0.1) is 17.3 Å². The minimum absolute atomic E-state index is 0.0266. The van der Waals surface area contributed by atoms with Crippen LogP contribution in [0.15, 0.2) is 36.0 Å². The van der Waals surface area contributed by atoms with Crippen LogP contribution in [-0.4, -0.2) is 153 Å². The number of ether oxygens (including phenoxy) is 1. The van der Waals surface area contributed by atoms with Crippen molar-refractivity contribution in [3.05, 3.63) is 36.0 Å². The number of carboxylic acids is 2. The number of carbonyl (C=O) groups excluding carboxylic acids is 4. The molecule has 3 heterocycles. The number of amides is 2. The topological polar surface area (TPSA) is 507 Å². The van der Waals surface area contributed by atoms with E-state index < -0.39 is 114 Å². The standard InChI is InChI=1S/C26H44N7O18P3S.C6H10O.C5H10O3.C5H8O2/c1-13(2)17(35)25(39)55-8-7-28-15(34)5-6-29-23(38)20(37)26(3,4)10-48-54(45,46)51-53(43,44)47-9-14-19(50-52(40,41)42)18(36)24(49-14)33-12-32-16-21(27)30-11-31-22(16)33;1-5(2)4-6(3)7;1-3(2)4(6)5(7)8;1-4(2)3-5(6)7/h11-14,17-20,24,35-37H,5-10H2,1-4H3,(H,28,34)(H,29,38)(H,43,44)(H,45,46)(H2,27,30,31)(H2,40,41,42);4H,1-3H3;3-4,6H,1-2H3,(H,7,8);3H,1-2H3,(H,6,7)/p-4/t14?,17-,18?,19?,20?,24?;;4-;/m0.0./s1. The van der Waals surface area contributed by atoms with E-state index in [4.69, 9.17) is 25.8 Å². The van der Waals surface area contributed by atoms with Crippen molar-refractivity contribution in [1.29, 1.82) is 0 Å². The van der Waals surface area contributed by atoms with E-state index in [0.29, 0.717) is 0 Å². The number of allylic oxidation sites excluding steroid dienone is 3. The molecule has 31 nitrogen and oxygen atoms in total. The number of nitrogens with two attached hydrogens (primary N) is 1. The molecule has 0 spiro atoms. The van der Waals surface area contributed by atoms with Gasteiger partial charge in [-0.05, 0) is 52.5 Å². The minimum atomic E-state index is -5.92. The Morgan fingerprint density at radius 3 is 1.87 bits per heavy atom. The van der Waals surface area contributed by atoms with Gasteiger partial charge >= 0.3 is 11.9 Å². The first-order chi connectivity index (χ1) is 35.1. The van der Waals surface area contributed by atoms with Gasteiger partial charge in [0.15, 0.2) is 29.6 Å². The Kier molecular flexibility index (Phi) is 31.3. The molecule has 2 amide bonds. The van der Waals surface area contributed by atoms with Gasteiger partial charge in [0.2, 0.25) is 16.9 Å². The summed E-state index contributed by atoms with van der Waals surface area (Å²) in [6.07, 6.45) is -7.25. The summed E-state index contributed by atoms with van der Waals surface area (Å²) in [4.78, 5) is 125. The van der Waals surface area contributed by atoms with Crippen LogP contribution in [-0.2, 0) is 65.1 Å². The summed E-state index contributed by atoms with van der Waals surface area (Å²) < 4.78 is 60.4. The number of thioether (sulfide) groups is 1. The number of phosphoric ester groups is 3. The summed E-state index contributed by atoms with van der Waals surface area (Å²) in [7, 11) is -17.6. The van der Waals surface area contributed by atoms with Crippen LogP contribution in [0.1, 0.15) is 88.8 Å². The maximum atomic E-state index is 12.5. The summed E-state index contributed by atoms with van der Waals surface area (Å²) >= 11 is 0.845. The zero-order valence-electron chi connectivity index (χ0n) is 43.9. The number of nitrogen functional groups attached to an aromatic ring is 1. The normalized spacial score (nSPS) is 19.0. The Morgan fingerprint density at radius 2 is 1.42 bits per heavy atom. The number of aliphatic carboxylic acids is 2. The molecule has 77 heavy (non-hydrogen) atoms. The summed E-state index contributed by atoms with van der Waals surface area (Å²) in [5.41, 5.74) is 5.91. The van der Waals surface area contributed by atoms with Crippen LogP contribution in [0.4, 0.5) is 5.82 Å². The van der Waals surface area contributed by atoms with Crippen LogP contribution in [0.2, 0.25) is 0 Å². The molecular weight excluding hydrogens is 1110 g/mol. The van der Waals surface area contributed by atoms with E-state index in [9.17, 15) is 77.4 Å². The predicted molar refractivity (Wildman–Crippen MR) is 265 cm³/mol. The first-order valence-electron chi connectivity index (χ1n) is 22.8. The van der Waals surface area contributed by atoms with E-state index in [2.05, 4.69) is 43.5 Å². The molecule has 0 radical (unpaired) electrons. The summed E-state index contributed by atoms with van der Waals surface area (Å²) in [6.45, 7) is 15.4. The number of phosphoric acid groups is 3. The van der Waals surface area contributed by atoms with Crippen molar-refractivity contribution in [1.82, 2.24) is 30.2 Å². The zero-order chi connectivity index (χ0) is 60.0. The molecule has 1 aliphatic rings. The van der Waals surface area contributed by atoms with E-state index in [-0.39, 0.29) is 59.9 Å². The molecule has 9 atom stereocenters. The second-order valence-electron chi connectivity index (χ2n) is 18.3. The highest BCUT2D eigenvalue weighted by molar-refractivity contribution is 8.13. The maximum Gasteiger partial charge on any atom is 0.332 e. The fourth-order valence-electron chi connectivity index (χ4n) is 5.56. The molecule has 0 aromatic carbocycles. The molecule has 10 N–H and O–H groups in total. The van der Waals surface area contributed by atoms with Crippen molar-refractivity contribution in [2.75, 3.05) is 37.8 Å². The SMILES string of the molecule is CC(=O)C=C(C)C.CC(C)=CC(=O)O.CC(C)[C@H](O)C(=O)O.CC(C)[C@H](O)C(=O)SCCNC(=O)CCNC(=O)C(O)C(C)(C)COP(=O)([O-])OP(=O)([O-])OCC1OC(n2cnc3c(N)ncnc32)C(O)C1OP(=O)([O-])[O-]. The van der Waals surface area contributed by atoms with Gasteiger partial charge in [0.05, 0.1) is 27.4 Å². The summed E-state index contributed by atoms with van der Waals surface area (Å²) in [5, 5.41) is 60.0. The number of nitrogens with zero attached hydrogens (tertiary/aromatic N) is 4. The number of rotatable bonds is 25. The lowest BCUT2D eigenvalue weighted by Gasteiger charge is -2.36. The van der Waals surface area contributed by atoms with Crippen LogP contribution in [0.5, 0.6) is 0 Å². The Morgan fingerprint density at radius 1 is 0.857 bits per heavy atom. The van der Waals surface area contributed by atoms with Crippen molar-refractivity contribution >= 4 is 86.9 Å². The number of imidazole rings is 1. The molecule has 0 saturated carbocycles. The number of carboxylic acid groups (broad SMARTS) is 2. The molecular formula is C42H68N7O24P3S-4. The number of aromatic nitrogens is 4. The van der Waals surface area contributed by atoms with Gasteiger partial charge in [0, 0.05) is 36.8 Å². The molecule has 7 unspecified atom stereocenters. The van der Waals surface area contributed by atoms with Gasteiger partial charge < -0.3 is 89.5 Å². The van der Waals surface area contributed by atoms with Gasteiger partial charge in [0.25, 0.3) is 15.6 Å². The number of aliphatic hydroxyl groups excluding tert-OH is 4. The number of carbonyl (C=O) groups is 6. The number of nitrogens with one attached hydrogen (secondary N) is 2. The monoisotopic (exact) mass is 1180 g/mol. The highest BCUT2D eigenvalue weighted by Gasteiger charge is 2.47. The van der Waals surface area contributed by atoms with Crippen molar-refractivity contribution in [2.45, 2.75) is 125 Å². The highest BCUT2D eigenvalue weighted by atomic mass is 32.2. The summed E-state index contributed by atoms with van der Waals surface area (Å²) in [5.74, 6) is -3.81. The lowest BCUT2D eigenvalue weighted by molar-refractivity contribution is -0.347. The second-order valence-corrected chi connectivity index (χ2v) is 23.4. The lowest BCUT2D eigenvalue weighted by atomic mass is 9.87. The van der Waals surface area contributed by atoms with Gasteiger partial charge in [-0.3, -0.25) is 32.9 Å². The zero-order valence-corrected chi connectivity index (χ0v) is 47.4. The predicted octanol–water partition coefficient (Wildman–Crippen LogP) is -1.18. The average Bonchev–Trinajstić information content (AvgIpc) is 3.84. The number of aliphatic hydroxyl groups is 4. The Bertz CT molecular complexity index is 2470. The third kappa shape index (κ3) is 28.9. The fourth-order valence-corrected chi connectivity index (χ4v) is 9.14. The fraction of sp³-hybridized carbons (Fsp3) is 0.643. The molecule has 2 aromatic heterocycles. The van der Waals surface area contributed by atoms with Crippen LogP contribution < -0.4 is 35.9 Å². The number of fused-ring (bicyclic) bond motifs is 1. The van der Waals surface area contributed by atoms with Crippen molar-refractivity contribution in [3.63, 3.8) is 0 Å². The van der Waals surface area contributed by atoms with E-state index in [1.54, 1.807) is 54.5 Å². The van der Waals surface area contributed by atoms with Gasteiger partial charge in [-0.1, -0.05) is 64.5 Å². The van der Waals surface area contributed by atoms with E-state index in [1.807, 2.05) is 13.8 Å². The number of hydrogen-bond donors (Lipinski definition) is 9. The first-order valence-corrected chi connectivity index (χ1v) is 28.1.